The third-order valence-corrected chi connectivity index (χ3v) is 8.60. The second-order valence-electron chi connectivity index (χ2n) is 6.84. The van der Waals surface area contributed by atoms with E-state index < -0.39 is 10.0 Å². The van der Waals surface area contributed by atoms with Crippen molar-refractivity contribution < 1.29 is 27.5 Å². The number of Topliss-reactive ketones (excluding diaryl/α,β-unsaturated/α-hetero) is 1. The second kappa shape index (κ2) is 9.99. The number of methoxy groups -OCH3 is 2. The van der Waals surface area contributed by atoms with Gasteiger partial charge in [0, 0.05) is 44.6 Å². The Balaban J connectivity index is 1.53. The minimum absolute atomic E-state index is 0.0560. The number of amides is 1. The number of hydrogen-bond donors (Lipinski definition) is 0. The maximum absolute atomic E-state index is 12.7. The van der Waals surface area contributed by atoms with Gasteiger partial charge in [-0.1, -0.05) is 11.6 Å². The van der Waals surface area contributed by atoms with Crippen LogP contribution < -0.4 is 9.47 Å². The van der Waals surface area contributed by atoms with Gasteiger partial charge in [-0.15, -0.1) is 11.3 Å². The number of nitrogens with zero attached hydrogens (tertiary/aromatic N) is 2. The quantitative estimate of drug-likeness (QED) is 0.532. The molecule has 2 aromatic rings. The monoisotopic (exact) mass is 486 g/mol. The van der Waals surface area contributed by atoms with Gasteiger partial charge >= 0.3 is 0 Å². The minimum Gasteiger partial charge on any atom is -0.493 e. The van der Waals surface area contributed by atoms with E-state index >= 15 is 0 Å². The molecule has 2 heterocycles. The summed E-state index contributed by atoms with van der Waals surface area (Å²) in [6.45, 7) is 0.962. The van der Waals surface area contributed by atoms with Crippen molar-refractivity contribution in [2.75, 3.05) is 40.4 Å². The lowest BCUT2D eigenvalue weighted by atomic mass is 10.1. The van der Waals surface area contributed by atoms with E-state index in [-0.39, 0.29) is 54.9 Å². The summed E-state index contributed by atoms with van der Waals surface area (Å²) >= 11 is 6.86. The van der Waals surface area contributed by atoms with Gasteiger partial charge in [-0.05, 0) is 30.3 Å². The number of carbonyl (C=O) groups is 2. The van der Waals surface area contributed by atoms with E-state index in [0.29, 0.717) is 21.4 Å². The van der Waals surface area contributed by atoms with Crippen LogP contribution in [0.1, 0.15) is 23.2 Å². The summed E-state index contributed by atoms with van der Waals surface area (Å²) in [5.41, 5.74) is 0.441. The Morgan fingerprint density at radius 1 is 1.00 bits per heavy atom. The van der Waals surface area contributed by atoms with Gasteiger partial charge in [0.05, 0.1) is 18.6 Å². The number of benzene rings is 1. The van der Waals surface area contributed by atoms with Crippen molar-refractivity contribution in [1.82, 2.24) is 9.21 Å². The Kier molecular flexibility index (Phi) is 7.58. The molecule has 0 unspecified atom stereocenters. The standard InChI is InChI=1S/C20H23ClN2O6S2/c1-28-16-5-3-14(13-17(16)29-2)15(24)4-7-19(25)22-9-11-23(12-10-22)31(26,27)20-8-6-18(21)30-20/h3,5-6,8,13H,4,7,9-12H2,1-2H3. The predicted octanol–water partition coefficient (Wildman–Crippen LogP) is 2.91. The zero-order valence-corrected chi connectivity index (χ0v) is 19.6. The largest absolute Gasteiger partial charge is 0.493 e. The molecule has 0 aliphatic carbocycles. The van der Waals surface area contributed by atoms with Gasteiger partial charge in [0.25, 0.3) is 10.0 Å². The molecule has 11 heteroatoms. The molecule has 1 aliphatic rings. The molecule has 0 N–H and O–H groups in total. The normalized spacial score (nSPS) is 15.0. The number of carbonyl (C=O) groups excluding carboxylic acids is 2. The van der Waals surface area contributed by atoms with E-state index in [1.54, 1.807) is 29.2 Å². The van der Waals surface area contributed by atoms with Crippen molar-refractivity contribution in [2.45, 2.75) is 17.1 Å². The lowest BCUT2D eigenvalue weighted by Gasteiger charge is -2.33. The third kappa shape index (κ3) is 5.38. The highest BCUT2D eigenvalue weighted by molar-refractivity contribution is 7.91. The Morgan fingerprint density at radius 3 is 2.26 bits per heavy atom. The van der Waals surface area contributed by atoms with E-state index in [4.69, 9.17) is 21.1 Å². The molecule has 31 heavy (non-hydrogen) atoms. The Labute approximate surface area is 190 Å². The van der Waals surface area contributed by atoms with Gasteiger partial charge in [0.2, 0.25) is 5.91 Å². The first kappa shape index (κ1) is 23.5. The number of sulfonamides is 1. The van der Waals surface area contributed by atoms with Gasteiger partial charge in [-0.25, -0.2) is 8.42 Å². The first-order chi connectivity index (χ1) is 14.8. The number of hydrogen-bond acceptors (Lipinski definition) is 7. The van der Waals surface area contributed by atoms with Crippen LogP contribution in [0.2, 0.25) is 4.34 Å². The number of ether oxygens (including phenoxy) is 2. The Hall–Kier alpha value is -2.14. The van der Waals surface area contributed by atoms with Gasteiger partial charge in [-0.2, -0.15) is 4.31 Å². The summed E-state index contributed by atoms with van der Waals surface area (Å²) < 4.78 is 37.6. The Bertz CT molecular complexity index is 1060. The number of piperazine rings is 1. The fraction of sp³-hybridized carbons (Fsp3) is 0.400. The molecule has 0 radical (unpaired) electrons. The highest BCUT2D eigenvalue weighted by Crippen LogP contribution is 2.29. The molecule has 1 amide bonds. The molecular formula is C20H23ClN2O6S2. The number of halogens is 1. The minimum atomic E-state index is -3.61. The maximum Gasteiger partial charge on any atom is 0.252 e. The van der Waals surface area contributed by atoms with Crippen molar-refractivity contribution >= 4 is 44.7 Å². The Morgan fingerprint density at radius 2 is 1.68 bits per heavy atom. The smallest absolute Gasteiger partial charge is 0.252 e. The van der Waals surface area contributed by atoms with Crippen molar-refractivity contribution in [3.8, 4) is 11.5 Å². The fourth-order valence-electron chi connectivity index (χ4n) is 3.27. The maximum atomic E-state index is 12.7. The van der Waals surface area contributed by atoms with Gasteiger partial charge < -0.3 is 14.4 Å². The average Bonchev–Trinajstić information content (AvgIpc) is 3.23. The van der Waals surface area contributed by atoms with E-state index in [1.807, 2.05) is 0 Å². The van der Waals surface area contributed by atoms with Crippen LogP contribution in [0.15, 0.2) is 34.5 Å². The molecule has 0 atom stereocenters. The fourth-order valence-corrected chi connectivity index (χ4v) is 6.33. The first-order valence-electron chi connectivity index (χ1n) is 9.54. The van der Waals surface area contributed by atoms with Crippen LogP contribution in [0.4, 0.5) is 0 Å². The second-order valence-corrected chi connectivity index (χ2v) is 10.7. The average molecular weight is 487 g/mol. The molecule has 1 fully saturated rings. The van der Waals surface area contributed by atoms with Crippen LogP contribution in [0.3, 0.4) is 0 Å². The topological polar surface area (TPSA) is 93.2 Å². The molecule has 0 saturated carbocycles. The van der Waals surface area contributed by atoms with E-state index in [2.05, 4.69) is 0 Å². The van der Waals surface area contributed by atoms with Gasteiger partial charge in [0.1, 0.15) is 4.21 Å². The van der Waals surface area contributed by atoms with Crippen LogP contribution in [0, 0.1) is 0 Å². The summed E-state index contributed by atoms with van der Waals surface area (Å²) in [5, 5.41) is 0. The zero-order valence-electron chi connectivity index (χ0n) is 17.2. The molecule has 3 rings (SSSR count). The van der Waals surface area contributed by atoms with Crippen molar-refractivity contribution in [3.63, 3.8) is 0 Å². The summed E-state index contributed by atoms with van der Waals surface area (Å²) in [7, 11) is -0.610. The summed E-state index contributed by atoms with van der Waals surface area (Å²) in [5.74, 6) is 0.618. The van der Waals surface area contributed by atoms with Crippen LogP contribution in [-0.2, 0) is 14.8 Å². The molecule has 8 nitrogen and oxygen atoms in total. The van der Waals surface area contributed by atoms with Gasteiger partial charge in [-0.3, -0.25) is 9.59 Å². The van der Waals surface area contributed by atoms with Crippen LogP contribution in [0.5, 0.6) is 11.5 Å². The molecule has 168 valence electrons. The molecular weight excluding hydrogens is 464 g/mol. The lowest BCUT2D eigenvalue weighted by molar-refractivity contribution is -0.132. The van der Waals surface area contributed by atoms with Crippen LogP contribution in [0.25, 0.3) is 0 Å². The van der Waals surface area contributed by atoms with E-state index in [0.717, 1.165) is 11.3 Å². The zero-order chi connectivity index (χ0) is 22.6. The van der Waals surface area contributed by atoms with Crippen molar-refractivity contribution in [2.24, 2.45) is 0 Å². The number of rotatable bonds is 8. The summed E-state index contributed by atoms with van der Waals surface area (Å²) in [6.07, 6.45) is 0.112. The molecule has 1 saturated heterocycles. The summed E-state index contributed by atoms with van der Waals surface area (Å²) in [4.78, 5) is 26.6. The number of ketones is 1. The predicted molar refractivity (Wildman–Crippen MR) is 118 cm³/mol. The van der Waals surface area contributed by atoms with Crippen molar-refractivity contribution in [3.05, 3.63) is 40.2 Å². The molecule has 1 aromatic heterocycles. The van der Waals surface area contributed by atoms with Crippen molar-refractivity contribution in [1.29, 1.82) is 0 Å². The molecule has 1 aromatic carbocycles. The van der Waals surface area contributed by atoms with Crippen LogP contribution in [-0.4, -0.2) is 69.7 Å². The van der Waals surface area contributed by atoms with E-state index in [9.17, 15) is 18.0 Å². The molecule has 0 spiro atoms. The third-order valence-electron chi connectivity index (χ3n) is 5.01. The lowest BCUT2D eigenvalue weighted by Crippen LogP contribution is -2.50. The van der Waals surface area contributed by atoms with E-state index in [1.165, 1.54) is 24.6 Å². The number of thiophene rings is 1. The SMILES string of the molecule is COc1ccc(C(=O)CCC(=O)N2CCN(S(=O)(=O)c3ccc(Cl)s3)CC2)cc1OC. The molecule has 0 bridgehead atoms. The highest BCUT2D eigenvalue weighted by Gasteiger charge is 2.31. The first-order valence-corrected chi connectivity index (χ1v) is 12.2. The molecule has 1 aliphatic heterocycles. The summed E-state index contributed by atoms with van der Waals surface area (Å²) in [6, 6.07) is 7.91. The highest BCUT2D eigenvalue weighted by atomic mass is 35.5. The van der Waals surface area contributed by atoms with Gasteiger partial charge in [0.15, 0.2) is 17.3 Å². The van der Waals surface area contributed by atoms with Crippen LogP contribution >= 0.6 is 22.9 Å².